The van der Waals surface area contributed by atoms with Crippen molar-refractivity contribution in [3.05, 3.63) is 58.4 Å². The third-order valence-electron chi connectivity index (χ3n) is 6.08. The van der Waals surface area contributed by atoms with E-state index in [0.29, 0.717) is 22.6 Å². The van der Waals surface area contributed by atoms with E-state index < -0.39 is 17.9 Å². The minimum atomic E-state index is -1.15. The summed E-state index contributed by atoms with van der Waals surface area (Å²) < 4.78 is 5.60. The summed E-state index contributed by atoms with van der Waals surface area (Å²) in [5, 5.41) is 19.2. The first-order valence-corrected chi connectivity index (χ1v) is 10.9. The van der Waals surface area contributed by atoms with Gasteiger partial charge >= 0.3 is 17.9 Å². The molecular formula is C25H29NO6. The molecule has 3 rings (SSSR count). The highest BCUT2D eigenvalue weighted by Gasteiger charge is 2.31. The highest BCUT2D eigenvalue weighted by Crippen LogP contribution is 2.37. The van der Waals surface area contributed by atoms with E-state index in [1.807, 2.05) is 0 Å². The number of esters is 1. The van der Waals surface area contributed by atoms with Crippen molar-refractivity contribution >= 4 is 29.7 Å². The van der Waals surface area contributed by atoms with Crippen LogP contribution in [0.25, 0.3) is 6.08 Å². The largest absolute Gasteiger partial charge is 0.478 e. The SMILES string of the molecule is CC1=C(C(=O)O)CC(C(=O)O)=C(C)N1c1ccccc1C=CC(=O)OC1CCCCCC1. The van der Waals surface area contributed by atoms with Gasteiger partial charge in [-0.2, -0.15) is 0 Å². The fourth-order valence-electron chi connectivity index (χ4n) is 4.33. The normalized spacial score (nSPS) is 18.1. The summed E-state index contributed by atoms with van der Waals surface area (Å²) in [6.07, 6.45) is 9.04. The molecule has 7 nitrogen and oxygen atoms in total. The molecule has 1 aromatic carbocycles. The maximum absolute atomic E-state index is 12.4. The minimum absolute atomic E-state index is 0.0274. The van der Waals surface area contributed by atoms with Crippen LogP contribution < -0.4 is 4.90 Å². The van der Waals surface area contributed by atoms with Crippen LogP contribution in [-0.4, -0.2) is 34.2 Å². The van der Waals surface area contributed by atoms with E-state index in [-0.39, 0.29) is 23.7 Å². The molecule has 0 amide bonds. The quantitative estimate of drug-likeness (QED) is 0.369. The smallest absolute Gasteiger partial charge is 0.333 e. The van der Waals surface area contributed by atoms with E-state index in [9.17, 15) is 24.6 Å². The standard InChI is InChI=1S/C25H29NO6/c1-16-20(24(28)29)15-21(25(30)31)17(2)26(16)22-12-8-7-9-18(22)13-14-23(27)32-19-10-5-3-4-6-11-19/h7-9,12-14,19H,3-6,10-11,15H2,1-2H3,(H,28,29)(H,30,31). The Morgan fingerprint density at radius 1 is 0.938 bits per heavy atom. The molecule has 170 valence electrons. The molecule has 0 spiro atoms. The number of hydrogen-bond acceptors (Lipinski definition) is 5. The summed E-state index contributed by atoms with van der Waals surface area (Å²) in [5.74, 6) is -2.72. The molecule has 1 aliphatic heterocycles. The van der Waals surface area contributed by atoms with Crippen molar-refractivity contribution in [1.29, 1.82) is 0 Å². The molecule has 1 saturated carbocycles. The van der Waals surface area contributed by atoms with E-state index in [4.69, 9.17) is 4.74 Å². The van der Waals surface area contributed by atoms with E-state index in [1.54, 1.807) is 49.1 Å². The molecule has 1 heterocycles. The first kappa shape index (κ1) is 23.3. The molecule has 0 bridgehead atoms. The van der Waals surface area contributed by atoms with Crippen molar-refractivity contribution in [3.8, 4) is 0 Å². The number of hydrogen-bond donors (Lipinski definition) is 2. The Hall–Kier alpha value is -3.35. The molecular weight excluding hydrogens is 410 g/mol. The number of allylic oxidation sites excluding steroid dienone is 2. The van der Waals surface area contributed by atoms with Crippen LogP contribution in [0.4, 0.5) is 5.69 Å². The first-order chi connectivity index (χ1) is 15.3. The predicted molar refractivity (Wildman–Crippen MR) is 121 cm³/mol. The minimum Gasteiger partial charge on any atom is -0.478 e. The average molecular weight is 440 g/mol. The summed E-state index contributed by atoms with van der Waals surface area (Å²) >= 11 is 0. The number of carboxylic acids is 2. The van der Waals surface area contributed by atoms with Crippen molar-refractivity contribution in [1.82, 2.24) is 0 Å². The number of nitrogens with zero attached hydrogens (tertiary/aromatic N) is 1. The highest BCUT2D eigenvalue weighted by molar-refractivity contribution is 5.97. The zero-order valence-corrected chi connectivity index (χ0v) is 18.5. The van der Waals surface area contributed by atoms with Crippen LogP contribution in [0, 0.1) is 0 Å². The van der Waals surface area contributed by atoms with Gasteiger partial charge in [0.05, 0.1) is 16.8 Å². The second-order valence-electron chi connectivity index (χ2n) is 8.19. The Morgan fingerprint density at radius 2 is 1.50 bits per heavy atom. The van der Waals surface area contributed by atoms with E-state index in [0.717, 1.165) is 25.7 Å². The van der Waals surface area contributed by atoms with Crippen LogP contribution in [0.15, 0.2) is 52.9 Å². The van der Waals surface area contributed by atoms with Gasteiger partial charge in [0.1, 0.15) is 6.10 Å². The van der Waals surface area contributed by atoms with Crippen molar-refractivity contribution < 1.29 is 29.3 Å². The summed E-state index contributed by atoms with van der Waals surface area (Å²) in [7, 11) is 0. The Kier molecular flexibility index (Phi) is 7.51. The maximum atomic E-state index is 12.4. The second kappa shape index (κ2) is 10.3. The second-order valence-corrected chi connectivity index (χ2v) is 8.19. The van der Waals surface area contributed by atoms with Crippen molar-refractivity contribution in [2.45, 2.75) is 64.9 Å². The molecule has 1 fully saturated rings. The molecule has 0 radical (unpaired) electrons. The van der Waals surface area contributed by atoms with Crippen LogP contribution in [0.2, 0.25) is 0 Å². The number of ether oxygens (including phenoxy) is 1. The summed E-state index contributed by atoms with van der Waals surface area (Å²) in [5.41, 5.74) is 2.20. The third kappa shape index (κ3) is 5.28. The Labute approximate surface area is 187 Å². The monoisotopic (exact) mass is 439 g/mol. The number of rotatable bonds is 6. The number of anilines is 1. The van der Waals surface area contributed by atoms with Gasteiger partial charge in [0.25, 0.3) is 0 Å². The molecule has 2 aliphatic rings. The average Bonchev–Trinajstić information content (AvgIpc) is 3.01. The van der Waals surface area contributed by atoms with Gasteiger partial charge < -0.3 is 19.8 Å². The van der Waals surface area contributed by atoms with Crippen LogP contribution in [0.1, 0.15) is 64.4 Å². The zero-order valence-electron chi connectivity index (χ0n) is 18.5. The van der Waals surface area contributed by atoms with E-state index in [1.165, 1.54) is 18.9 Å². The Bertz CT molecular complexity index is 959. The lowest BCUT2D eigenvalue weighted by Gasteiger charge is -2.33. The summed E-state index contributed by atoms with van der Waals surface area (Å²) in [6.45, 7) is 3.32. The third-order valence-corrected chi connectivity index (χ3v) is 6.08. The number of para-hydroxylation sites is 1. The van der Waals surface area contributed by atoms with Crippen molar-refractivity contribution in [3.63, 3.8) is 0 Å². The first-order valence-electron chi connectivity index (χ1n) is 10.9. The van der Waals surface area contributed by atoms with Crippen LogP contribution >= 0.6 is 0 Å². The van der Waals surface area contributed by atoms with Gasteiger partial charge in [-0.3, -0.25) is 0 Å². The van der Waals surface area contributed by atoms with Gasteiger partial charge in [-0.05, 0) is 57.2 Å². The summed E-state index contributed by atoms with van der Waals surface area (Å²) in [6, 6.07) is 7.15. The molecule has 0 unspecified atom stereocenters. The lowest BCUT2D eigenvalue weighted by molar-refractivity contribution is -0.143. The van der Waals surface area contributed by atoms with E-state index in [2.05, 4.69) is 0 Å². The molecule has 0 aromatic heterocycles. The molecule has 0 atom stereocenters. The number of carbonyl (C=O) groups is 3. The summed E-state index contributed by atoms with van der Waals surface area (Å²) in [4.78, 5) is 37.5. The predicted octanol–water partition coefficient (Wildman–Crippen LogP) is 4.89. The number of aliphatic carboxylic acids is 2. The number of carbonyl (C=O) groups excluding carboxylic acids is 1. The highest BCUT2D eigenvalue weighted by atomic mass is 16.5. The van der Waals surface area contributed by atoms with Crippen LogP contribution in [-0.2, 0) is 19.1 Å². The van der Waals surface area contributed by atoms with Crippen molar-refractivity contribution in [2.24, 2.45) is 0 Å². The molecule has 1 aliphatic carbocycles. The van der Waals surface area contributed by atoms with Gasteiger partial charge in [0.15, 0.2) is 0 Å². The maximum Gasteiger partial charge on any atom is 0.333 e. The zero-order chi connectivity index (χ0) is 23.3. The Balaban J connectivity index is 1.91. The molecule has 2 N–H and O–H groups in total. The van der Waals surface area contributed by atoms with Gasteiger partial charge in [-0.25, -0.2) is 14.4 Å². The van der Waals surface area contributed by atoms with E-state index >= 15 is 0 Å². The number of benzene rings is 1. The molecule has 0 saturated heterocycles. The van der Waals surface area contributed by atoms with Gasteiger partial charge in [0, 0.05) is 23.9 Å². The van der Waals surface area contributed by atoms with Crippen molar-refractivity contribution in [2.75, 3.05) is 4.90 Å². The topological polar surface area (TPSA) is 104 Å². The molecule has 7 heteroatoms. The van der Waals surface area contributed by atoms with Gasteiger partial charge in [-0.15, -0.1) is 0 Å². The van der Waals surface area contributed by atoms with Gasteiger partial charge in [0.2, 0.25) is 0 Å². The van der Waals surface area contributed by atoms with Crippen LogP contribution in [0.5, 0.6) is 0 Å². The lowest BCUT2D eigenvalue weighted by Crippen LogP contribution is -2.30. The molecule has 1 aromatic rings. The van der Waals surface area contributed by atoms with Gasteiger partial charge in [-0.1, -0.05) is 31.0 Å². The fraction of sp³-hybridized carbons (Fsp3) is 0.400. The van der Waals surface area contributed by atoms with Crippen LogP contribution in [0.3, 0.4) is 0 Å². The lowest BCUT2D eigenvalue weighted by atomic mass is 9.95. The fourth-order valence-corrected chi connectivity index (χ4v) is 4.33. The molecule has 32 heavy (non-hydrogen) atoms. The number of carboxylic acid groups (broad SMARTS) is 2. The Morgan fingerprint density at radius 3 is 2.06 bits per heavy atom.